The minimum Gasteiger partial charge on any atom is -0.353 e. The van der Waals surface area contributed by atoms with E-state index in [9.17, 15) is 9.59 Å². The first kappa shape index (κ1) is 21.9. The van der Waals surface area contributed by atoms with Crippen LogP contribution in [0.5, 0.6) is 0 Å². The van der Waals surface area contributed by atoms with Gasteiger partial charge in [0.25, 0.3) is 5.91 Å². The highest BCUT2D eigenvalue weighted by Gasteiger charge is 2.21. The van der Waals surface area contributed by atoms with Crippen LogP contribution < -0.4 is 10.6 Å². The van der Waals surface area contributed by atoms with Crippen LogP contribution in [0.25, 0.3) is 0 Å². The van der Waals surface area contributed by atoms with Gasteiger partial charge in [-0.15, -0.1) is 10.2 Å². The zero-order valence-corrected chi connectivity index (χ0v) is 18.6. The molecule has 1 aliphatic rings. The Balaban J connectivity index is 1.57. The zero-order valence-electron chi connectivity index (χ0n) is 16.2. The van der Waals surface area contributed by atoms with E-state index in [4.69, 9.17) is 23.2 Å². The van der Waals surface area contributed by atoms with Crippen molar-refractivity contribution in [2.45, 2.75) is 49.8 Å². The molecule has 3 rings (SSSR count). The number of thioether (sulfide) groups is 1. The Kier molecular flexibility index (Phi) is 7.43. The summed E-state index contributed by atoms with van der Waals surface area (Å²) in [5.41, 5.74) is 0.336. The third-order valence-corrected chi connectivity index (χ3v) is 6.40. The van der Waals surface area contributed by atoms with Gasteiger partial charge in [0.2, 0.25) is 5.91 Å². The van der Waals surface area contributed by atoms with Crippen LogP contribution in [-0.4, -0.2) is 38.4 Å². The van der Waals surface area contributed by atoms with Gasteiger partial charge in [0.1, 0.15) is 0 Å². The maximum Gasteiger partial charge on any atom is 0.253 e. The van der Waals surface area contributed by atoms with Gasteiger partial charge in [-0.2, -0.15) is 0 Å². The van der Waals surface area contributed by atoms with Crippen LogP contribution in [0.3, 0.4) is 0 Å². The fourth-order valence-corrected chi connectivity index (χ4v) is 4.53. The second-order valence-electron chi connectivity index (χ2n) is 7.06. The van der Waals surface area contributed by atoms with Gasteiger partial charge in [0, 0.05) is 18.1 Å². The van der Waals surface area contributed by atoms with Crippen LogP contribution in [0.2, 0.25) is 10.0 Å². The highest BCUT2D eigenvalue weighted by molar-refractivity contribution is 7.99. The number of hydrogen-bond acceptors (Lipinski definition) is 5. The van der Waals surface area contributed by atoms with Crippen molar-refractivity contribution in [1.82, 2.24) is 25.4 Å². The van der Waals surface area contributed by atoms with Crippen molar-refractivity contribution in [3.05, 3.63) is 39.6 Å². The van der Waals surface area contributed by atoms with Gasteiger partial charge >= 0.3 is 0 Å². The zero-order chi connectivity index (χ0) is 21.0. The third-order valence-electron chi connectivity index (χ3n) is 4.83. The van der Waals surface area contributed by atoms with Crippen LogP contribution >= 0.6 is 35.0 Å². The molecule has 7 nitrogen and oxygen atoms in total. The topological polar surface area (TPSA) is 88.9 Å². The molecule has 2 amide bonds. The van der Waals surface area contributed by atoms with E-state index in [2.05, 4.69) is 20.8 Å². The van der Waals surface area contributed by atoms with Crippen LogP contribution in [0, 0.1) is 0 Å². The molecule has 0 bridgehead atoms. The fourth-order valence-electron chi connectivity index (χ4n) is 3.31. The standard InChI is InChI=1S/C19H23Cl2N5O2S/c1-11(22-18(28)14-8-7-12(20)9-15(14)21)17-24-25-19(26(17)2)29-10-16(27)23-13-5-3-4-6-13/h7-9,11,13H,3-6,10H2,1-2H3,(H,22,28)(H,23,27)/t11-/m0/s1. The quantitative estimate of drug-likeness (QED) is 0.620. The number of rotatable bonds is 7. The van der Waals surface area contributed by atoms with Crippen LogP contribution in [0.1, 0.15) is 54.8 Å². The molecule has 1 atom stereocenters. The Hall–Kier alpha value is -1.77. The minimum atomic E-state index is -0.395. The largest absolute Gasteiger partial charge is 0.353 e. The van der Waals surface area contributed by atoms with Gasteiger partial charge in [0.05, 0.1) is 22.4 Å². The summed E-state index contributed by atoms with van der Waals surface area (Å²) in [4.78, 5) is 24.6. The first-order valence-corrected chi connectivity index (χ1v) is 11.2. The number of hydrogen-bond donors (Lipinski definition) is 2. The van der Waals surface area contributed by atoms with E-state index in [0.29, 0.717) is 27.6 Å². The maximum atomic E-state index is 12.5. The first-order valence-electron chi connectivity index (χ1n) is 9.42. The summed E-state index contributed by atoms with van der Waals surface area (Å²) in [6.45, 7) is 1.81. The van der Waals surface area contributed by atoms with Gasteiger partial charge in [0.15, 0.2) is 11.0 Å². The number of amides is 2. The van der Waals surface area contributed by atoms with Crippen molar-refractivity contribution in [3.63, 3.8) is 0 Å². The van der Waals surface area contributed by atoms with Crippen molar-refractivity contribution in [2.24, 2.45) is 7.05 Å². The smallest absolute Gasteiger partial charge is 0.253 e. The molecule has 0 radical (unpaired) electrons. The van der Waals surface area contributed by atoms with Gasteiger partial charge in [-0.1, -0.05) is 47.8 Å². The predicted octanol–water partition coefficient (Wildman–Crippen LogP) is 3.76. The molecule has 1 aromatic carbocycles. The van der Waals surface area contributed by atoms with E-state index in [1.807, 2.05) is 14.0 Å². The van der Waals surface area contributed by atoms with E-state index < -0.39 is 6.04 Å². The molecule has 29 heavy (non-hydrogen) atoms. The lowest BCUT2D eigenvalue weighted by molar-refractivity contribution is -0.119. The van der Waals surface area contributed by atoms with Crippen LogP contribution in [0.15, 0.2) is 23.4 Å². The average molecular weight is 456 g/mol. The molecule has 0 spiro atoms. The molecule has 156 valence electrons. The number of nitrogens with one attached hydrogen (secondary N) is 2. The Morgan fingerprint density at radius 3 is 2.69 bits per heavy atom. The van der Waals surface area contributed by atoms with Crippen molar-refractivity contribution >= 4 is 46.8 Å². The number of nitrogens with zero attached hydrogens (tertiary/aromatic N) is 3. The van der Waals surface area contributed by atoms with Gasteiger partial charge in [-0.25, -0.2) is 0 Å². The minimum absolute atomic E-state index is 0.00480. The molecule has 1 aliphatic carbocycles. The highest BCUT2D eigenvalue weighted by Crippen LogP contribution is 2.23. The lowest BCUT2D eigenvalue weighted by Gasteiger charge is -2.14. The summed E-state index contributed by atoms with van der Waals surface area (Å²) in [6, 6.07) is 4.62. The van der Waals surface area contributed by atoms with E-state index >= 15 is 0 Å². The summed E-state index contributed by atoms with van der Waals surface area (Å²) in [7, 11) is 1.81. The molecule has 1 saturated carbocycles. The van der Waals surface area contributed by atoms with Gasteiger partial charge < -0.3 is 15.2 Å². The fraction of sp³-hybridized carbons (Fsp3) is 0.474. The molecule has 0 unspecified atom stereocenters. The van der Waals surface area contributed by atoms with Crippen molar-refractivity contribution < 1.29 is 9.59 Å². The lowest BCUT2D eigenvalue weighted by Crippen LogP contribution is -2.33. The van der Waals surface area contributed by atoms with Crippen LogP contribution in [-0.2, 0) is 11.8 Å². The maximum absolute atomic E-state index is 12.5. The lowest BCUT2D eigenvalue weighted by atomic mass is 10.2. The summed E-state index contributed by atoms with van der Waals surface area (Å²) in [5, 5.41) is 15.6. The number of carbonyl (C=O) groups is 2. The number of halogens is 2. The summed E-state index contributed by atoms with van der Waals surface area (Å²) in [6.07, 6.45) is 4.46. The van der Waals surface area contributed by atoms with E-state index in [1.165, 1.54) is 30.7 Å². The van der Waals surface area contributed by atoms with Gasteiger partial charge in [-0.3, -0.25) is 9.59 Å². The normalized spacial score (nSPS) is 15.3. The summed E-state index contributed by atoms with van der Waals surface area (Å²) in [5.74, 6) is 0.545. The molecular weight excluding hydrogens is 433 g/mol. The first-order chi connectivity index (χ1) is 13.8. The molecule has 2 N–H and O–H groups in total. The Labute approximate surface area is 183 Å². The van der Waals surface area contributed by atoms with Crippen LogP contribution in [0.4, 0.5) is 0 Å². The highest BCUT2D eigenvalue weighted by atomic mass is 35.5. The second-order valence-corrected chi connectivity index (χ2v) is 8.84. The molecule has 0 saturated heterocycles. The molecular formula is C19H23Cl2N5O2S. The Morgan fingerprint density at radius 1 is 1.28 bits per heavy atom. The van der Waals surface area contributed by atoms with Crippen molar-refractivity contribution in [2.75, 3.05) is 5.75 Å². The Morgan fingerprint density at radius 2 is 2.00 bits per heavy atom. The number of carbonyl (C=O) groups excluding carboxylic acids is 2. The average Bonchev–Trinajstić information content (AvgIpc) is 3.29. The second kappa shape index (κ2) is 9.82. The molecule has 1 aromatic heterocycles. The molecule has 10 heteroatoms. The molecule has 0 aliphatic heterocycles. The molecule has 1 fully saturated rings. The van der Waals surface area contributed by atoms with E-state index in [0.717, 1.165) is 12.8 Å². The monoisotopic (exact) mass is 455 g/mol. The summed E-state index contributed by atoms with van der Waals surface area (Å²) < 4.78 is 1.78. The predicted molar refractivity (Wildman–Crippen MR) is 114 cm³/mol. The molecule has 1 heterocycles. The number of aromatic nitrogens is 3. The van der Waals surface area contributed by atoms with E-state index in [-0.39, 0.29) is 22.6 Å². The third kappa shape index (κ3) is 5.65. The number of benzene rings is 1. The van der Waals surface area contributed by atoms with Crippen molar-refractivity contribution in [3.8, 4) is 0 Å². The summed E-state index contributed by atoms with van der Waals surface area (Å²) >= 11 is 13.3. The van der Waals surface area contributed by atoms with Crippen molar-refractivity contribution in [1.29, 1.82) is 0 Å². The van der Waals surface area contributed by atoms with Gasteiger partial charge in [-0.05, 0) is 38.0 Å². The Bertz CT molecular complexity index is 899. The van der Waals surface area contributed by atoms with E-state index in [1.54, 1.807) is 16.7 Å². The molecule has 2 aromatic rings. The SMILES string of the molecule is C[C@H](NC(=O)c1ccc(Cl)cc1Cl)c1nnc(SCC(=O)NC2CCCC2)n1C.